The standard InChI is InChI=1S/C24H31N3O4/c1-24(2,3)31-23(29)27-15-13-21(14-16-27)25-19-9-11-20(12-10-19)26-22(28)30-17-18-7-5-4-6-8-18/h4-12,21,25H,13-17H2,1-3H3,(H,26,28). The lowest BCUT2D eigenvalue weighted by atomic mass is 10.0. The SMILES string of the molecule is CC(C)(C)OC(=O)N1CCC(Nc2ccc(NC(=O)OCc3ccccc3)cc2)CC1. The van der Waals surface area contributed by atoms with Crippen LogP contribution in [0, 0.1) is 0 Å². The zero-order chi connectivity index (χ0) is 22.3. The van der Waals surface area contributed by atoms with Crippen molar-refractivity contribution in [2.45, 2.75) is 51.9 Å². The van der Waals surface area contributed by atoms with Crippen molar-refractivity contribution < 1.29 is 19.1 Å². The lowest BCUT2D eigenvalue weighted by Gasteiger charge is -2.34. The highest BCUT2D eigenvalue weighted by Gasteiger charge is 2.26. The molecule has 2 aromatic carbocycles. The van der Waals surface area contributed by atoms with Crippen LogP contribution in [0.4, 0.5) is 21.0 Å². The number of carbonyl (C=O) groups is 2. The van der Waals surface area contributed by atoms with Crippen LogP contribution in [0.1, 0.15) is 39.2 Å². The zero-order valence-corrected chi connectivity index (χ0v) is 18.4. The smallest absolute Gasteiger partial charge is 0.411 e. The van der Waals surface area contributed by atoms with E-state index < -0.39 is 11.7 Å². The summed E-state index contributed by atoms with van der Waals surface area (Å²) in [4.78, 5) is 25.9. The second kappa shape index (κ2) is 10.2. The van der Waals surface area contributed by atoms with Crippen molar-refractivity contribution in [1.29, 1.82) is 0 Å². The van der Waals surface area contributed by atoms with Gasteiger partial charge in [-0.05, 0) is 63.4 Å². The molecule has 1 aliphatic heterocycles. The molecule has 1 saturated heterocycles. The molecule has 2 aromatic rings. The molecular formula is C24H31N3O4. The van der Waals surface area contributed by atoms with Gasteiger partial charge in [0.15, 0.2) is 0 Å². The van der Waals surface area contributed by atoms with Gasteiger partial charge in [-0.2, -0.15) is 0 Å². The normalized spacial score (nSPS) is 14.6. The third kappa shape index (κ3) is 7.51. The maximum absolute atomic E-state index is 12.2. The van der Waals surface area contributed by atoms with Crippen LogP contribution in [0.3, 0.4) is 0 Å². The Hall–Kier alpha value is -3.22. The molecule has 3 rings (SSSR count). The Balaban J connectivity index is 1.40. The first-order valence-electron chi connectivity index (χ1n) is 10.6. The molecule has 7 heteroatoms. The van der Waals surface area contributed by atoms with Crippen LogP contribution in [-0.4, -0.2) is 41.8 Å². The van der Waals surface area contributed by atoms with Gasteiger partial charge in [-0.3, -0.25) is 5.32 Å². The first kappa shape index (κ1) is 22.5. The summed E-state index contributed by atoms with van der Waals surface area (Å²) < 4.78 is 10.7. The summed E-state index contributed by atoms with van der Waals surface area (Å²) >= 11 is 0. The topological polar surface area (TPSA) is 79.9 Å². The summed E-state index contributed by atoms with van der Waals surface area (Å²) in [6, 6.07) is 17.4. The summed E-state index contributed by atoms with van der Waals surface area (Å²) in [5.74, 6) is 0. The van der Waals surface area contributed by atoms with Crippen molar-refractivity contribution in [1.82, 2.24) is 4.90 Å². The predicted molar refractivity (Wildman–Crippen MR) is 121 cm³/mol. The number of benzene rings is 2. The van der Waals surface area contributed by atoms with Crippen molar-refractivity contribution in [3.63, 3.8) is 0 Å². The molecule has 31 heavy (non-hydrogen) atoms. The number of hydrogen-bond acceptors (Lipinski definition) is 5. The largest absolute Gasteiger partial charge is 0.444 e. The van der Waals surface area contributed by atoms with E-state index in [9.17, 15) is 9.59 Å². The van der Waals surface area contributed by atoms with Crippen molar-refractivity contribution in [3.05, 3.63) is 60.2 Å². The van der Waals surface area contributed by atoms with Crippen LogP contribution in [0.25, 0.3) is 0 Å². The van der Waals surface area contributed by atoms with Crippen molar-refractivity contribution in [3.8, 4) is 0 Å². The van der Waals surface area contributed by atoms with Gasteiger partial charge in [-0.15, -0.1) is 0 Å². The molecule has 0 atom stereocenters. The van der Waals surface area contributed by atoms with Crippen molar-refractivity contribution in [2.24, 2.45) is 0 Å². The fourth-order valence-corrected chi connectivity index (χ4v) is 3.30. The van der Waals surface area contributed by atoms with Crippen LogP contribution in [0.5, 0.6) is 0 Å². The molecule has 7 nitrogen and oxygen atoms in total. The van der Waals surface area contributed by atoms with Crippen molar-refractivity contribution in [2.75, 3.05) is 23.7 Å². The molecule has 0 spiro atoms. The van der Waals surface area contributed by atoms with Gasteiger partial charge in [0.25, 0.3) is 0 Å². The van der Waals surface area contributed by atoms with E-state index in [-0.39, 0.29) is 18.7 Å². The third-order valence-corrected chi connectivity index (χ3v) is 4.86. The average Bonchev–Trinajstić information content (AvgIpc) is 2.74. The number of piperidine rings is 1. The van der Waals surface area contributed by atoms with Crippen LogP contribution in [-0.2, 0) is 16.1 Å². The number of likely N-dealkylation sites (tertiary alicyclic amines) is 1. The number of nitrogens with one attached hydrogen (secondary N) is 2. The van der Waals surface area contributed by atoms with Crippen LogP contribution < -0.4 is 10.6 Å². The Morgan fingerprint density at radius 1 is 0.968 bits per heavy atom. The lowest BCUT2D eigenvalue weighted by Crippen LogP contribution is -2.44. The van der Waals surface area contributed by atoms with Crippen LogP contribution >= 0.6 is 0 Å². The molecule has 0 aromatic heterocycles. The number of nitrogens with zero attached hydrogens (tertiary/aromatic N) is 1. The molecule has 0 aliphatic carbocycles. The second-order valence-electron chi connectivity index (χ2n) is 8.65. The van der Waals surface area contributed by atoms with Gasteiger partial charge in [0.05, 0.1) is 0 Å². The predicted octanol–water partition coefficient (Wildman–Crippen LogP) is 5.25. The first-order valence-corrected chi connectivity index (χ1v) is 10.6. The molecule has 1 heterocycles. The molecule has 0 radical (unpaired) electrons. The van der Waals surface area contributed by atoms with E-state index in [1.165, 1.54) is 0 Å². The van der Waals surface area contributed by atoms with Gasteiger partial charge in [-0.1, -0.05) is 30.3 Å². The Morgan fingerprint density at radius 2 is 1.58 bits per heavy atom. The Morgan fingerprint density at radius 3 is 2.19 bits per heavy atom. The number of amides is 2. The van der Waals surface area contributed by atoms with E-state index in [4.69, 9.17) is 9.47 Å². The number of hydrogen-bond donors (Lipinski definition) is 2. The van der Waals surface area contributed by atoms with Gasteiger partial charge in [-0.25, -0.2) is 9.59 Å². The monoisotopic (exact) mass is 425 g/mol. The lowest BCUT2D eigenvalue weighted by molar-refractivity contribution is 0.0210. The van der Waals surface area contributed by atoms with Crippen LogP contribution in [0.15, 0.2) is 54.6 Å². The highest BCUT2D eigenvalue weighted by atomic mass is 16.6. The van der Waals surface area contributed by atoms with Gasteiger partial charge < -0.3 is 19.7 Å². The number of anilines is 2. The molecule has 2 amide bonds. The van der Waals surface area contributed by atoms with E-state index in [0.717, 1.165) is 24.1 Å². The highest BCUT2D eigenvalue weighted by molar-refractivity contribution is 5.84. The fourth-order valence-electron chi connectivity index (χ4n) is 3.30. The van der Waals surface area contributed by atoms with Gasteiger partial charge in [0, 0.05) is 30.5 Å². The summed E-state index contributed by atoms with van der Waals surface area (Å²) in [6.07, 6.45) is 0.968. The number of carbonyl (C=O) groups excluding carboxylic acids is 2. The van der Waals surface area contributed by atoms with E-state index >= 15 is 0 Å². The molecular weight excluding hydrogens is 394 g/mol. The minimum Gasteiger partial charge on any atom is -0.444 e. The average molecular weight is 426 g/mol. The number of ether oxygens (including phenoxy) is 2. The summed E-state index contributed by atoms with van der Waals surface area (Å²) in [6.45, 7) is 7.19. The van der Waals surface area contributed by atoms with E-state index in [2.05, 4.69) is 10.6 Å². The summed E-state index contributed by atoms with van der Waals surface area (Å²) in [5.41, 5.74) is 2.10. The molecule has 166 valence electrons. The van der Waals surface area contributed by atoms with Gasteiger partial charge in [0.2, 0.25) is 0 Å². The number of rotatable bonds is 5. The minimum absolute atomic E-state index is 0.230. The van der Waals surface area contributed by atoms with Gasteiger partial charge in [0.1, 0.15) is 12.2 Å². The van der Waals surface area contributed by atoms with E-state index in [1.54, 1.807) is 4.90 Å². The molecule has 0 unspecified atom stereocenters. The Bertz CT molecular complexity index is 855. The molecule has 0 saturated carbocycles. The first-order chi connectivity index (χ1) is 14.8. The minimum atomic E-state index is -0.487. The van der Waals surface area contributed by atoms with Crippen LogP contribution in [0.2, 0.25) is 0 Å². The van der Waals surface area contributed by atoms with Crippen molar-refractivity contribution >= 4 is 23.6 Å². The third-order valence-electron chi connectivity index (χ3n) is 4.86. The maximum atomic E-state index is 12.2. The Labute approximate surface area is 183 Å². The molecule has 1 fully saturated rings. The highest BCUT2D eigenvalue weighted by Crippen LogP contribution is 2.20. The molecule has 1 aliphatic rings. The second-order valence-corrected chi connectivity index (χ2v) is 8.65. The Kier molecular flexibility index (Phi) is 7.39. The van der Waals surface area contributed by atoms with E-state index in [1.807, 2.05) is 75.4 Å². The zero-order valence-electron chi connectivity index (χ0n) is 18.4. The van der Waals surface area contributed by atoms with E-state index in [0.29, 0.717) is 18.8 Å². The summed E-state index contributed by atoms with van der Waals surface area (Å²) in [5, 5.41) is 6.23. The molecule has 0 bridgehead atoms. The fraction of sp³-hybridized carbons (Fsp3) is 0.417. The summed E-state index contributed by atoms with van der Waals surface area (Å²) in [7, 11) is 0. The molecule has 2 N–H and O–H groups in total. The quantitative estimate of drug-likeness (QED) is 0.684. The van der Waals surface area contributed by atoms with Gasteiger partial charge >= 0.3 is 12.2 Å². The maximum Gasteiger partial charge on any atom is 0.411 e.